The summed E-state index contributed by atoms with van der Waals surface area (Å²) in [4.78, 5) is 43.8. The molecule has 15 nitrogen and oxygen atoms in total. The molecular weight excluding hydrogens is 767 g/mol. The fourth-order valence-corrected chi connectivity index (χ4v) is 5.58. The zero-order valence-electron chi connectivity index (χ0n) is 32.4. The van der Waals surface area contributed by atoms with Crippen molar-refractivity contribution in [3.8, 4) is 22.6 Å². The molecule has 316 valence electrons. The van der Waals surface area contributed by atoms with E-state index in [4.69, 9.17) is 29.2 Å². The number of rotatable bonds is 30. The van der Waals surface area contributed by atoms with Crippen LogP contribution in [0.15, 0.2) is 65.9 Å². The van der Waals surface area contributed by atoms with Gasteiger partial charge in [0.2, 0.25) is 5.91 Å². The average molecular weight is 818 g/mol. The number of nitrogens with one attached hydrogen (secondary N) is 1. The summed E-state index contributed by atoms with van der Waals surface area (Å²) in [6.45, 7) is 4.48. The monoisotopic (exact) mass is 817 g/mol. The van der Waals surface area contributed by atoms with Crippen LogP contribution in [-0.2, 0) is 39.8 Å². The minimum Gasteiger partial charge on any atom is -0.491 e. The minimum atomic E-state index is -5.00. The molecule has 0 unspecified atom stereocenters. The van der Waals surface area contributed by atoms with Gasteiger partial charge >= 0.3 is 12.3 Å². The Bertz CT molecular complexity index is 1760. The number of unbranched alkanes of at least 4 members (excludes halogenated alkanes) is 1. The third-order valence-electron chi connectivity index (χ3n) is 8.32. The van der Waals surface area contributed by atoms with Crippen molar-refractivity contribution >= 4 is 17.7 Å². The van der Waals surface area contributed by atoms with Crippen LogP contribution in [0.2, 0.25) is 0 Å². The van der Waals surface area contributed by atoms with E-state index in [0.717, 1.165) is 30.2 Å². The number of aryl methyl sites for hydroxylation is 2. The number of hydrogen-bond acceptors (Lipinski definition) is 11. The number of pyridine rings is 1. The summed E-state index contributed by atoms with van der Waals surface area (Å²) >= 11 is 0. The fraction of sp³-hybridized carbons (Fsp3) is 0.500. The van der Waals surface area contributed by atoms with Crippen molar-refractivity contribution in [1.82, 2.24) is 10.3 Å². The molecule has 1 heterocycles. The number of aliphatic carboxylic acids is 1. The molecule has 0 aliphatic rings. The first-order valence-corrected chi connectivity index (χ1v) is 18.8. The van der Waals surface area contributed by atoms with E-state index in [2.05, 4.69) is 25.1 Å². The quantitative estimate of drug-likeness (QED) is 0.0312. The number of azide groups is 1. The highest BCUT2D eigenvalue weighted by atomic mass is 19.4. The Balaban J connectivity index is 1.45. The average Bonchev–Trinajstić information content (AvgIpc) is 3.18. The molecular formula is C40H50F3N5O10. The van der Waals surface area contributed by atoms with Crippen molar-refractivity contribution < 1.29 is 61.1 Å². The third-order valence-corrected chi connectivity index (χ3v) is 8.32. The van der Waals surface area contributed by atoms with Crippen LogP contribution in [0.5, 0.6) is 11.5 Å². The predicted octanol–water partition coefficient (Wildman–Crippen LogP) is 6.76. The van der Waals surface area contributed by atoms with Crippen molar-refractivity contribution in [3.63, 3.8) is 0 Å². The lowest BCUT2D eigenvalue weighted by molar-refractivity contribution is -0.274. The van der Waals surface area contributed by atoms with Crippen molar-refractivity contribution in [1.29, 1.82) is 0 Å². The second-order valence-electron chi connectivity index (χ2n) is 12.9. The van der Waals surface area contributed by atoms with E-state index in [-0.39, 0.29) is 75.2 Å². The molecule has 2 aromatic carbocycles. The molecule has 2 N–H and O–H groups in total. The zero-order chi connectivity index (χ0) is 42.0. The molecule has 0 saturated heterocycles. The molecule has 0 bridgehead atoms. The van der Waals surface area contributed by atoms with Gasteiger partial charge in [0.05, 0.1) is 65.8 Å². The lowest BCUT2D eigenvalue weighted by atomic mass is 9.89. The maximum atomic E-state index is 13.4. The van der Waals surface area contributed by atoms with Gasteiger partial charge in [0.15, 0.2) is 5.78 Å². The number of carboxylic acid groups (broad SMARTS) is 1. The molecule has 18 heteroatoms. The number of halogens is 3. The number of carbonyl (C=O) groups excluding carboxylic acids is 2. The third kappa shape index (κ3) is 20.2. The lowest BCUT2D eigenvalue weighted by Gasteiger charge is -2.17. The molecule has 0 radical (unpaired) electrons. The number of ketones is 1. The number of alkyl halides is 3. The zero-order valence-corrected chi connectivity index (χ0v) is 32.4. The highest BCUT2D eigenvalue weighted by molar-refractivity contribution is 5.87. The van der Waals surface area contributed by atoms with E-state index in [9.17, 15) is 32.7 Å². The summed E-state index contributed by atoms with van der Waals surface area (Å²) in [6, 6.07) is 14.1. The Morgan fingerprint density at radius 1 is 0.862 bits per heavy atom. The van der Waals surface area contributed by atoms with Crippen LogP contribution >= 0.6 is 0 Å². The molecule has 0 spiro atoms. The van der Waals surface area contributed by atoms with Gasteiger partial charge in [0.25, 0.3) is 0 Å². The number of amides is 1. The predicted molar refractivity (Wildman–Crippen MR) is 206 cm³/mol. The summed E-state index contributed by atoms with van der Waals surface area (Å²) in [5, 5.41) is 15.5. The Morgan fingerprint density at radius 2 is 1.52 bits per heavy atom. The Kier molecular flexibility index (Phi) is 21.6. The molecule has 1 atom stereocenters. The van der Waals surface area contributed by atoms with Gasteiger partial charge in [-0.25, -0.2) is 0 Å². The molecule has 0 saturated carbocycles. The van der Waals surface area contributed by atoms with Gasteiger partial charge in [-0.15, -0.1) is 13.2 Å². The second kappa shape index (κ2) is 26.6. The van der Waals surface area contributed by atoms with Gasteiger partial charge in [0.1, 0.15) is 18.1 Å². The molecule has 3 rings (SSSR count). The molecule has 3 aromatic rings. The van der Waals surface area contributed by atoms with Crippen LogP contribution in [0.25, 0.3) is 21.6 Å². The molecule has 1 aromatic heterocycles. The largest absolute Gasteiger partial charge is 0.573 e. The summed E-state index contributed by atoms with van der Waals surface area (Å²) in [5.41, 5.74) is 11.2. The van der Waals surface area contributed by atoms with Crippen LogP contribution < -0.4 is 14.8 Å². The van der Waals surface area contributed by atoms with E-state index >= 15 is 0 Å². The van der Waals surface area contributed by atoms with Crippen molar-refractivity contribution in [2.75, 3.05) is 72.6 Å². The second-order valence-corrected chi connectivity index (χ2v) is 12.9. The van der Waals surface area contributed by atoms with Gasteiger partial charge < -0.3 is 38.8 Å². The normalized spacial score (nSPS) is 11.7. The van der Waals surface area contributed by atoms with Gasteiger partial charge in [-0.2, -0.15) is 0 Å². The van der Waals surface area contributed by atoms with E-state index in [0.29, 0.717) is 57.2 Å². The number of nitrogens with zero attached hydrogens (tertiary/aromatic N) is 4. The molecule has 1 amide bonds. The summed E-state index contributed by atoms with van der Waals surface area (Å²) in [6.07, 6.45) is -1.45. The van der Waals surface area contributed by atoms with Crippen LogP contribution in [0.4, 0.5) is 13.2 Å². The molecule has 0 fully saturated rings. The van der Waals surface area contributed by atoms with E-state index in [1.807, 2.05) is 19.1 Å². The maximum Gasteiger partial charge on any atom is 0.573 e. The first-order chi connectivity index (χ1) is 27.9. The standard InChI is InChI=1S/C40H50F3N5O10/c1-29-12-13-45-33(24-29)4-2-3-5-38(50)46-28-34(49)25-32(26-39(51)52)30-6-8-31(9-7-30)36-11-10-35(27-37(36)58-40(41,42)43)57-23-22-56-21-20-55-19-18-54-17-16-53-15-14-47-48-44/h6-13,24,27,32H,2-5,14-23,25-26,28H2,1H3,(H,46,50)(H,51,52)/t32-/m0/s1. The number of hydrogen-bond donors (Lipinski definition) is 2. The first kappa shape index (κ1) is 47.1. The molecule has 58 heavy (non-hydrogen) atoms. The number of ether oxygens (including phenoxy) is 6. The summed E-state index contributed by atoms with van der Waals surface area (Å²) < 4.78 is 71.6. The Morgan fingerprint density at radius 3 is 2.14 bits per heavy atom. The van der Waals surface area contributed by atoms with Crippen LogP contribution in [0.1, 0.15) is 54.8 Å². The molecule has 0 aliphatic carbocycles. The number of carboxylic acids is 1. The highest BCUT2D eigenvalue weighted by Gasteiger charge is 2.32. The number of aromatic nitrogens is 1. The van der Waals surface area contributed by atoms with Crippen molar-refractivity contribution in [2.24, 2.45) is 5.11 Å². The minimum absolute atomic E-state index is 0.0437. The molecule has 0 aliphatic heterocycles. The number of carbonyl (C=O) groups is 3. The van der Waals surface area contributed by atoms with Gasteiger partial charge in [-0.3, -0.25) is 19.4 Å². The van der Waals surface area contributed by atoms with E-state index in [1.54, 1.807) is 18.3 Å². The van der Waals surface area contributed by atoms with Crippen LogP contribution in [0, 0.1) is 6.92 Å². The number of benzene rings is 2. The van der Waals surface area contributed by atoms with Crippen LogP contribution in [-0.4, -0.2) is 107 Å². The van der Waals surface area contributed by atoms with Gasteiger partial charge in [0, 0.05) is 53.7 Å². The topological polar surface area (TPSA) is 200 Å². The van der Waals surface area contributed by atoms with E-state index < -0.39 is 24.0 Å². The maximum absolute atomic E-state index is 13.4. The van der Waals surface area contributed by atoms with E-state index in [1.165, 1.54) is 24.3 Å². The Labute approximate surface area is 334 Å². The van der Waals surface area contributed by atoms with Gasteiger partial charge in [-0.1, -0.05) is 29.4 Å². The van der Waals surface area contributed by atoms with Gasteiger partial charge in [-0.05, 0) is 72.7 Å². The smallest absolute Gasteiger partial charge is 0.491 e. The number of Topliss-reactive ketones (excluding diaryl/α,β-unsaturated/α-hetero) is 1. The highest BCUT2D eigenvalue weighted by Crippen LogP contribution is 2.37. The Hall–Kier alpha value is -5.26. The summed E-state index contributed by atoms with van der Waals surface area (Å²) in [7, 11) is 0. The fourth-order valence-electron chi connectivity index (χ4n) is 5.58. The lowest BCUT2D eigenvalue weighted by Crippen LogP contribution is -2.30. The van der Waals surface area contributed by atoms with Crippen molar-refractivity contribution in [2.45, 2.75) is 57.7 Å². The van der Waals surface area contributed by atoms with Crippen LogP contribution in [0.3, 0.4) is 0 Å². The summed E-state index contributed by atoms with van der Waals surface area (Å²) in [5.74, 6) is -2.90. The SMILES string of the molecule is Cc1ccnc(CCCCC(=O)NCC(=O)C[C@@H](CC(=O)O)c2ccc(-c3ccc(OCCOCCOCCOCCOCCN=[N+]=[N-])cc3OC(F)(F)F)cc2)c1. The first-order valence-electron chi connectivity index (χ1n) is 18.8. The van der Waals surface area contributed by atoms with Crippen molar-refractivity contribution in [3.05, 3.63) is 88.1 Å².